The Balaban J connectivity index is 2.42. The van der Waals surface area contributed by atoms with Gasteiger partial charge in [-0.1, -0.05) is 12.1 Å². The lowest BCUT2D eigenvalue weighted by atomic mass is 10.2. The van der Waals surface area contributed by atoms with Crippen molar-refractivity contribution in [2.75, 3.05) is 5.75 Å². The molecule has 0 unspecified atom stereocenters. The van der Waals surface area contributed by atoms with Crippen molar-refractivity contribution in [2.24, 2.45) is 5.73 Å². The summed E-state index contributed by atoms with van der Waals surface area (Å²) in [6.45, 7) is 0. The van der Waals surface area contributed by atoms with Crippen LogP contribution in [-0.2, 0) is 10.5 Å². The standard InChI is InChI=1S/C10H12N2O4S/c11-9(10(13)14)6-17-5-7-1-3-8(4-2-7)12(15)16/h1-4,9H,5-6,11H2,(H,13,14)/t9-/m0/s1. The Morgan fingerprint density at radius 3 is 2.53 bits per heavy atom. The van der Waals surface area contributed by atoms with Crippen LogP contribution in [0.2, 0.25) is 0 Å². The van der Waals surface area contributed by atoms with Gasteiger partial charge in [0.15, 0.2) is 0 Å². The van der Waals surface area contributed by atoms with Crippen molar-refractivity contribution in [1.82, 2.24) is 0 Å². The minimum Gasteiger partial charge on any atom is -0.480 e. The van der Waals surface area contributed by atoms with Gasteiger partial charge in [-0.15, -0.1) is 0 Å². The van der Waals surface area contributed by atoms with Crippen molar-refractivity contribution < 1.29 is 14.8 Å². The van der Waals surface area contributed by atoms with E-state index in [-0.39, 0.29) is 5.69 Å². The number of carbonyl (C=O) groups is 1. The summed E-state index contributed by atoms with van der Waals surface area (Å²) < 4.78 is 0. The molecular weight excluding hydrogens is 244 g/mol. The highest BCUT2D eigenvalue weighted by atomic mass is 32.2. The van der Waals surface area contributed by atoms with E-state index in [2.05, 4.69) is 0 Å². The summed E-state index contributed by atoms with van der Waals surface area (Å²) in [4.78, 5) is 20.4. The van der Waals surface area contributed by atoms with Gasteiger partial charge in [-0.3, -0.25) is 14.9 Å². The first kappa shape index (κ1) is 13.5. The number of hydrogen-bond donors (Lipinski definition) is 2. The molecule has 1 aromatic carbocycles. The maximum atomic E-state index is 10.4. The SMILES string of the molecule is N[C@@H](CSCc1ccc([N+](=O)[O-])cc1)C(=O)O. The van der Waals surface area contributed by atoms with Crippen LogP contribution in [0, 0.1) is 10.1 Å². The van der Waals surface area contributed by atoms with Gasteiger partial charge in [0.1, 0.15) is 6.04 Å². The zero-order chi connectivity index (χ0) is 12.8. The smallest absolute Gasteiger partial charge is 0.321 e. The molecule has 0 aliphatic rings. The quantitative estimate of drug-likeness (QED) is 0.585. The molecule has 3 N–H and O–H groups in total. The number of hydrogen-bond acceptors (Lipinski definition) is 5. The number of benzene rings is 1. The predicted octanol–water partition coefficient (Wildman–Crippen LogP) is 1.24. The Morgan fingerprint density at radius 1 is 1.47 bits per heavy atom. The van der Waals surface area contributed by atoms with Crippen molar-refractivity contribution >= 4 is 23.4 Å². The summed E-state index contributed by atoms with van der Waals surface area (Å²) in [6, 6.07) is 5.27. The predicted molar refractivity (Wildman–Crippen MR) is 64.9 cm³/mol. The maximum absolute atomic E-state index is 10.4. The number of carboxylic acids is 1. The third kappa shape index (κ3) is 4.41. The summed E-state index contributed by atoms with van der Waals surface area (Å²) in [5.74, 6) is -0.133. The molecule has 0 saturated carbocycles. The number of nitrogens with zero attached hydrogens (tertiary/aromatic N) is 1. The molecule has 0 radical (unpaired) electrons. The highest BCUT2D eigenvalue weighted by molar-refractivity contribution is 7.98. The van der Waals surface area contributed by atoms with E-state index in [9.17, 15) is 14.9 Å². The van der Waals surface area contributed by atoms with Crippen molar-refractivity contribution in [2.45, 2.75) is 11.8 Å². The van der Waals surface area contributed by atoms with Crippen LogP contribution >= 0.6 is 11.8 Å². The second kappa shape index (κ2) is 6.21. The van der Waals surface area contributed by atoms with Crippen molar-refractivity contribution in [3.05, 3.63) is 39.9 Å². The Morgan fingerprint density at radius 2 is 2.06 bits per heavy atom. The van der Waals surface area contributed by atoms with Gasteiger partial charge in [0.25, 0.3) is 5.69 Å². The second-order valence-electron chi connectivity index (χ2n) is 3.38. The summed E-state index contributed by atoms with van der Waals surface area (Å²) in [5, 5.41) is 19.0. The molecule has 0 aliphatic heterocycles. The zero-order valence-corrected chi connectivity index (χ0v) is 9.72. The van der Waals surface area contributed by atoms with E-state index in [0.29, 0.717) is 11.5 Å². The van der Waals surface area contributed by atoms with Gasteiger partial charge in [-0.2, -0.15) is 11.8 Å². The first-order chi connectivity index (χ1) is 8.00. The second-order valence-corrected chi connectivity index (χ2v) is 4.41. The van der Waals surface area contributed by atoms with Crippen molar-refractivity contribution in [3.8, 4) is 0 Å². The van der Waals surface area contributed by atoms with E-state index in [1.54, 1.807) is 12.1 Å². The van der Waals surface area contributed by atoms with Crippen LogP contribution in [0.25, 0.3) is 0 Å². The third-order valence-corrected chi connectivity index (χ3v) is 3.16. The first-order valence-electron chi connectivity index (χ1n) is 4.80. The van der Waals surface area contributed by atoms with Crippen LogP contribution in [0.4, 0.5) is 5.69 Å². The highest BCUT2D eigenvalue weighted by Gasteiger charge is 2.11. The Bertz CT molecular complexity index is 407. The molecule has 6 nitrogen and oxygen atoms in total. The van der Waals surface area contributed by atoms with E-state index in [1.165, 1.54) is 23.9 Å². The molecule has 0 aromatic heterocycles. The minimum atomic E-state index is -1.03. The van der Waals surface area contributed by atoms with E-state index >= 15 is 0 Å². The van der Waals surface area contributed by atoms with E-state index < -0.39 is 16.9 Å². The fourth-order valence-electron chi connectivity index (χ4n) is 1.09. The van der Waals surface area contributed by atoms with Crippen LogP contribution in [0.3, 0.4) is 0 Å². The maximum Gasteiger partial charge on any atom is 0.321 e. The topological polar surface area (TPSA) is 106 Å². The third-order valence-electron chi connectivity index (χ3n) is 2.03. The van der Waals surface area contributed by atoms with E-state index in [1.807, 2.05) is 0 Å². The minimum absolute atomic E-state index is 0.0426. The van der Waals surface area contributed by atoms with Gasteiger partial charge in [-0.05, 0) is 5.56 Å². The number of carboxylic acid groups (broad SMARTS) is 1. The summed E-state index contributed by atoms with van der Waals surface area (Å²) >= 11 is 1.38. The molecule has 1 atom stereocenters. The van der Waals surface area contributed by atoms with Crippen LogP contribution in [0.15, 0.2) is 24.3 Å². The molecule has 0 fully saturated rings. The lowest BCUT2D eigenvalue weighted by Crippen LogP contribution is -2.32. The molecule has 0 spiro atoms. The Hall–Kier alpha value is -1.60. The van der Waals surface area contributed by atoms with Gasteiger partial charge in [0.2, 0.25) is 0 Å². The summed E-state index contributed by atoms with van der Waals surface area (Å²) in [7, 11) is 0. The number of aliphatic carboxylic acids is 1. The monoisotopic (exact) mass is 256 g/mol. The van der Waals surface area contributed by atoms with E-state index in [0.717, 1.165) is 5.56 Å². The van der Waals surface area contributed by atoms with Gasteiger partial charge in [0.05, 0.1) is 4.92 Å². The number of nitrogens with two attached hydrogens (primary N) is 1. The molecule has 92 valence electrons. The fraction of sp³-hybridized carbons (Fsp3) is 0.300. The van der Waals surface area contributed by atoms with Gasteiger partial charge >= 0.3 is 5.97 Å². The van der Waals surface area contributed by atoms with Crippen molar-refractivity contribution in [3.63, 3.8) is 0 Å². The number of thioether (sulfide) groups is 1. The normalized spacial score (nSPS) is 12.1. The van der Waals surface area contributed by atoms with Crippen LogP contribution in [-0.4, -0.2) is 27.8 Å². The lowest BCUT2D eigenvalue weighted by molar-refractivity contribution is -0.384. The Kier molecular flexibility index (Phi) is 4.92. The number of rotatable bonds is 6. The molecule has 0 saturated heterocycles. The average molecular weight is 256 g/mol. The van der Waals surface area contributed by atoms with Gasteiger partial charge < -0.3 is 10.8 Å². The molecule has 0 amide bonds. The summed E-state index contributed by atoms with van der Waals surface area (Å²) in [6.07, 6.45) is 0. The van der Waals surface area contributed by atoms with Gasteiger partial charge in [0, 0.05) is 23.6 Å². The van der Waals surface area contributed by atoms with Gasteiger partial charge in [-0.25, -0.2) is 0 Å². The molecule has 0 bridgehead atoms. The van der Waals surface area contributed by atoms with E-state index in [4.69, 9.17) is 10.8 Å². The van der Waals surface area contributed by atoms with Crippen molar-refractivity contribution in [1.29, 1.82) is 0 Å². The van der Waals surface area contributed by atoms with Crippen LogP contribution in [0.5, 0.6) is 0 Å². The molecule has 1 aromatic rings. The molecule has 7 heteroatoms. The molecular formula is C10H12N2O4S. The highest BCUT2D eigenvalue weighted by Crippen LogP contribution is 2.17. The first-order valence-corrected chi connectivity index (χ1v) is 5.95. The summed E-state index contributed by atoms with van der Waals surface area (Å²) in [5.41, 5.74) is 6.28. The fourth-order valence-corrected chi connectivity index (χ4v) is 2.03. The molecule has 0 aliphatic carbocycles. The molecule has 17 heavy (non-hydrogen) atoms. The largest absolute Gasteiger partial charge is 0.480 e. The number of non-ortho nitro benzene ring substituents is 1. The van der Waals surface area contributed by atoms with Crippen LogP contribution < -0.4 is 5.73 Å². The Labute approximate surface area is 102 Å². The zero-order valence-electron chi connectivity index (χ0n) is 8.91. The number of nitro benzene ring substituents is 1. The average Bonchev–Trinajstić information content (AvgIpc) is 2.29. The van der Waals surface area contributed by atoms with Crippen LogP contribution in [0.1, 0.15) is 5.56 Å². The lowest BCUT2D eigenvalue weighted by Gasteiger charge is -2.05. The molecule has 1 rings (SSSR count). The molecule has 0 heterocycles. The number of nitro groups is 1.